The molecule has 1 aromatic carbocycles. The molecule has 1 aromatic heterocycles. The molecule has 74 valence electrons. The lowest BCUT2D eigenvalue weighted by Gasteiger charge is -2.01. The van der Waals surface area contributed by atoms with Gasteiger partial charge in [0, 0.05) is 18.1 Å². The topological polar surface area (TPSA) is 43.8 Å². The molecule has 1 heterocycles. The Kier molecular flexibility index (Phi) is 2.25. The Hall–Kier alpha value is -1.35. The number of fused-ring (bicyclic) bond motifs is 1. The summed E-state index contributed by atoms with van der Waals surface area (Å²) in [6.45, 7) is 2.78. The fourth-order valence-corrected chi connectivity index (χ4v) is 1.85. The first-order valence-corrected chi connectivity index (χ1v) is 4.85. The van der Waals surface area contributed by atoms with Crippen LogP contribution in [-0.4, -0.2) is 16.3 Å². The van der Waals surface area contributed by atoms with E-state index in [2.05, 4.69) is 18.1 Å². The lowest BCUT2D eigenvalue weighted by Crippen LogP contribution is -2.03. The highest BCUT2D eigenvalue weighted by atomic mass is 15.3. The Labute approximate surface area is 83.5 Å². The molecule has 3 heteroatoms. The van der Waals surface area contributed by atoms with Crippen molar-refractivity contribution in [3.05, 3.63) is 29.5 Å². The Bertz CT molecular complexity index is 457. The van der Waals surface area contributed by atoms with Crippen molar-refractivity contribution in [1.82, 2.24) is 9.78 Å². The maximum Gasteiger partial charge on any atom is 0.0928 e. The van der Waals surface area contributed by atoms with E-state index in [0.717, 1.165) is 11.9 Å². The number of rotatable bonds is 2. The number of nitrogens with two attached hydrogens (primary N) is 1. The average molecular weight is 189 g/mol. The molecule has 0 aliphatic heterocycles. The summed E-state index contributed by atoms with van der Waals surface area (Å²) in [5, 5.41) is 5.70. The van der Waals surface area contributed by atoms with Crippen LogP contribution in [0, 0.1) is 6.92 Å². The van der Waals surface area contributed by atoms with Crippen LogP contribution in [0.3, 0.4) is 0 Å². The molecule has 0 spiro atoms. The van der Waals surface area contributed by atoms with Gasteiger partial charge in [0.1, 0.15) is 0 Å². The Morgan fingerprint density at radius 1 is 1.43 bits per heavy atom. The third-order valence-electron chi connectivity index (χ3n) is 2.65. The summed E-state index contributed by atoms with van der Waals surface area (Å²) in [6.07, 6.45) is 0.921. The molecular formula is C11H15N3. The van der Waals surface area contributed by atoms with Gasteiger partial charge in [-0.2, -0.15) is 5.10 Å². The number of benzene rings is 1. The van der Waals surface area contributed by atoms with Gasteiger partial charge in [-0.25, -0.2) is 0 Å². The van der Waals surface area contributed by atoms with Gasteiger partial charge in [-0.15, -0.1) is 0 Å². The zero-order valence-electron chi connectivity index (χ0n) is 8.62. The molecule has 2 rings (SSSR count). The van der Waals surface area contributed by atoms with Crippen LogP contribution < -0.4 is 5.73 Å². The van der Waals surface area contributed by atoms with Crippen LogP contribution >= 0.6 is 0 Å². The molecule has 0 radical (unpaired) electrons. The van der Waals surface area contributed by atoms with Gasteiger partial charge in [0.05, 0.1) is 5.52 Å². The summed E-state index contributed by atoms with van der Waals surface area (Å²) in [5.74, 6) is 0. The van der Waals surface area contributed by atoms with Crippen molar-refractivity contribution in [2.75, 3.05) is 6.54 Å². The van der Waals surface area contributed by atoms with E-state index in [4.69, 9.17) is 5.73 Å². The van der Waals surface area contributed by atoms with Gasteiger partial charge in [-0.1, -0.05) is 12.1 Å². The first-order chi connectivity index (χ1) is 6.74. The van der Waals surface area contributed by atoms with E-state index in [1.54, 1.807) is 0 Å². The SMILES string of the molecule is Cc1c2c(CCN)cccc2nn1C. The van der Waals surface area contributed by atoms with Crippen molar-refractivity contribution in [2.45, 2.75) is 13.3 Å². The van der Waals surface area contributed by atoms with Crippen molar-refractivity contribution >= 4 is 10.9 Å². The van der Waals surface area contributed by atoms with E-state index in [-0.39, 0.29) is 0 Å². The van der Waals surface area contributed by atoms with Gasteiger partial charge >= 0.3 is 0 Å². The molecular weight excluding hydrogens is 174 g/mol. The van der Waals surface area contributed by atoms with Crippen LogP contribution in [0.5, 0.6) is 0 Å². The molecule has 0 unspecified atom stereocenters. The zero-order chi connectivity index (χ0) is 10.1. The third kappa shape index (κ3) is 1.30. The average Bonchev–Trinajstić information content (AvgIpc) is 2.45. The smallest absolute Gasteiger partial charge is 0.0928 e. The highest BCUT2D eigenvalue weighted by Gasteiger charge is 2.07. The van der Waals surface area contributed by atoms with Gasteiger partial charge in [-0.3, -0.25) is 4.68 Å². The second kappa shape index (κ2) is 3.42. The van der Waals surface area contributed by atoms with Gasteiger partial charge in [-0.05, 0) is 31.5 Å². The fourth-order valence-electron chi connectivity index (χ4n) is 1.85. The van der Waals surface area contributed by atoms with E-state index >= 15 is 0 Å². The van der Waals surface area contributed by atoms with Crippen molar-refractivity contribution in [2.24, 2.45) is 12.8 Å². The molecule has 2 aromatic rings. The van der Waals surface area contributed by atoms with Crippen LogP contribution in [-0.2, 0) is 13.5 Å². The minimum absolute atomic E-state index is 0.688. The van der Waals surface area contributed by atoms with Crippen LogP contribution in [0.25, 0.3) is 10.9 Å². The number of nitrogens with zero attached hydrogens (tertiary/aromatic N) is 2. The lowest BCUT2D eigenvalue weighted by atomic mass is 10.1. The summed E-state index contributed by atoms with van der Waals surface area (Å²) in [4.78, 5) is 0. The normalized spacial score (nSPS) is 11.1. The largest absolute Gasteiger partial charge is 0.330 e. The lowest BCUT2D eigenvalue weighted by molar-refractivity contribution is 0.751. The van der Waals surface area contributed by atoms with Gasteiger partial charge in [0.15, 0.2) is 0 Å². The molecule has 0 amide bonds. The quantitative estimate of drug-likeness (QED) is 0.775. The Balaban J connectivity index is 2.71. The van der Waals surface area contributed by atoms with Gasteiger partial charge in [0.2, 0.25) is 0 Å². The first kappa shape index (κ1) is 9.21. The molecule has 14 heavy (non-hydrogen) atoms. The van der Waals surface area contributed by atoms with Crippen LogP contribution in [0.2, 0.25) is 0 Å². The van der Waals surface area contributed by atoms with E-state index < -0.39 is 0 Å². The van der Waals surface area contributed by atoms with E-state index in [1.165, 1.54) is 16.6 Å². The van der Waals surface area contributed by atoms with Gasteiger partial charge in [0.25, 0.3) is 0 Å². The maximum atomic E-state index is 5.58. The monoisotopic (exact) mass is 189 g/mol. The van der Waals surface area contributed by atoms with Crippen molar-refractivity contribution in [1.29, 1.82) is 0 Å². The Morgan fingerprint density at radius 2 is 2.21 bits per heavy atom. The van der Waals surface area contributed by atoms with Crippen LogP contribution in [0.4, 0.5) is 0 Å². The molecule has 0 fully saturated rings. The number of aromatic nitrogens is 2. The Morgan fingerprint density at radius 3 is 2.93 bits per heavy atom. The standard InChI is InChI=1S/C11H15N3/c1-8-11-9(6-7-12)4-3-5-10(11)13-14(8)2/h3-5H,6-7,12H2,1-2H3. The van der Waals surface area contributed by atoms with E-state index in [1.807, 2.05) is 23.9 Å². The van der Waals surface area contributed by atoms with Crippen molar-refractivity contribution < 1.29 is 0 Å². The maximum absolute atomic E-state index is 5.58. The van der Waals surface area contributed by atoms with Crippen LogP contribution in [0.1, 0.15) is 11.3 Å². The number of aryl methyl sites for hydroxylation is 2. The first-order valence-electron chi connectivity index (χ1n) is 4.85. The molecule has 0 saturated carbocycles. The predicted molar refractivity (Wildman–Crippen MR) is 58.2 cm³/mol. The van der Waals surface area contributed by atoms with E-state index in [9.17, 15) is 0 Å². The summed E-state index contributed by atoms with van der Waals surface area (Å²) in [7, 11) is 1.97. The van der Waals surface area contributed by atoms with E-state index in [0.29, 0.717) is 6.54 Å². The fraction of sp³-hybridized carbons (Fsp3) is 0.364. The van der Waals surface area contributed by atoms with Crippen molar-refractivity contribution in [3.63, 3.8) is 0 Å². The second-order valence-electron chi connectivity index (χ2n) is 3.56. The number of hydrogen-bond donors (Lipinski definition) is 1. The molecule has 3 nitrogen and oxygen atoms in total. The highest BCUT2D eigenvalue weighted by molar-refractivity contribution is 5.85. The molecule has 0 bridgehead atoms. The minimum atomic E-state index is 0.688. The van der Waals surface area contributed by atoms with Crippen LogP contribution in [0.15, 0.2) is 18.2 Å². The highest BCUT2D eigenvalue weighted by Crippen LogP contribution is 2.21. The summed E-state index contributed by atoms with van der Waals surface area (Å²) in [6, 6.07) is 6.21. The molecule has 0 atom stereocenters. The predicted octanol–water partition coefficient (Wildman–Crippen LogP) is 1.38. The summed E-state index contributed by atoms with van der Waals surface area (Å²) < 4.78 is 1.92. The molecule has 0 saturated heterocycles. The minimum Gasteiger partial charge on any atom is -0.330 e. The molecule has 0 aliphatic carbocycles. The van der Waals surface area contributed by atoms with Gasteiger partial charge < -0.3 is 5.73 Å². The molecule has 0 aliphatic rings. The summed E-state index contributed by atoms with van der Waals surface area (Å²) in [5.41, 5.74) is 9.16. The summed E-state index contributed by atoms with van der Waals surface area (Å²) >= 11 is 0. The number of hydrogen-bond acceptors (Lipinski definition) is 2. The third-order valence-corrected chi connectivity index (χ3v) is 2.65. The van der Waals surface area contributed by atoms with Crippen molar-refractivity contribution in [3.8, 4) is 0 Å². The molecule has 2 N–H and O–H groups in total. The zero-order valence-corrected chi connectivity index (χ0v) is 8.62. The second-order valence-corrected chi connectivity index (χ2v) is 3.56.